The number of aromatic amines is 1. The Hall–Kier alpha value is -4.10. The molecule has 13 heteroatoms. The van der Waals surface area contributed by atoms with E-state index in [0.717, 1.165) is 0 Å². The summed E-state index contributed by atoms with van der Waals surface area (Å²) < 4.78 is 44.2. The maximum atomic E-state index is 13.1. The number of anilines is 2. The number of carbonyl (C=O) groups excluding carboxylic acids is 1. The molecule has 0 unspecified atom stereocenters. The Labute approximate surface area is 206 Å². The van der Waals surface area contributed by atoms with Crippen molar-refractivity contribution in [3.05, 3.63) is 42.1 Å². The van der Waals surface area contributed by atoms with Crippen LogP contribution in [0.4, 0.5) is 11.8 Å². The first-order chi connectivity index (χ1) is 17.2. The zero-order valence-corrected chi connectivity index (χ0v) is 20.5. The van der Waals surface area contributed by atoms with Crippen molar-refractivity contribution in [3.8, 4) is 11.5 Å². The molecule has 2 aromatic carbocycles. The summed E-state index contributed by atoms with van der Waals surface area (Å²) in [5, 5.41) is 1.10. The van der Waals surface area contributed by atoms with Gasteiger partial charge in [0, 0.05) is 41.6 Å². The van der Waals surface area contributed by atoms with E-state index in [-0.39, 0.29) is 16.8 Å². The number of nitrogens with one attached hydrogen (secondary N) is 2. The number of esters is 1. The van der Waals surface area contributed by atoms with Crippen LogP contribution in [-0.4, -0.2) is 69.8 Å². The van der Waals surface area contributed by atoms with Gasteiger partial charge in [0.15, 0.2) is 11.5 Å². The van der Waals surface area contributed by atoms with E-state index in [1.165, 1.54) is 33.6 Å². The molecule has 12 nitrogen and oxygen atoms in total. The number of aromatic nitrogens is 3. The number of benzene rings is 2. The van der Waals surface area contributed by atoms with Crippen molar-refractivity contribution in [3.63, 3.8) is 0 Å². The molecule has 36 heavy (non-hydrogen) atoms. The molecule has 0 aliphatic carbocycles. The number of ether oxygens (including phenoxy) is 3. The SMILES string of the molecule is COC(=O)c1ccc2c(S(=O)(=O)NC3CN(c4nc(N)c5cc(OC)c(OC)cc5n4)C3)c[nH]c2c1. The number of sulfonamides is 1. The first-order valence-corrected chi connectivity index (χ1v) is 12.4. The van der Waals surface area contributed by atoms with Crippen LogP contribution in [0.1, 0.15) is 10.4 Å². The Morgan fingerprint density at radius 3 is 2.50 bits per heavy atom. The van der Waals surface area contributed by atoms with Gasteiger partial charge < -0.3 is 29.8 Å². The number of nitrogens with zero attached hydrogens (tertiary/aromatic N) is 3. The van der Waals surface area contributed by atoms with Crippen LogP contribution >= 0.6 is 0 Å². The molecule has 0 spiro atoms. The highest BCUT2D eigenvalue weighted by Gasteiger charge is 2.34. The molecule has 4 aromatic rings. The van der Waals surface area contributed by atoms with E-state index in [1.807, 2.05) is 4.90 Å². The lowest BCUT2D eigenvalue weighted by molar-refractivity contribution is 0.0601. The average molecular weight is 513 g/mol. The molecule has 1 aliphatic rings. The first kappa shape index (κ1) is 23.6. The Morgan fingerprint density at radius 1 is 1.08 bits per heavy atom. The predicted octanol–water partition coefficient (Wildman–Crippen LogP) is 1.66. The summed E-state index contributed by atoms with van der Waals surface area (Å²) in [6, 6.07) is 7.75. The van der Waals surface area contributed by atoms with Crippen LogP contribution in [0, 0.1) is 0 Å². The van der Waals surface area contributed by atoms with E-state index in [1.54, 1.807) is 24.3 Å². The fourth-order valence-electron chi connectivity index (χ4n) is 4.17. The molecule has 2 aromatic heterocycles. The predicted molar refractivity (Wildman–Crippen MR) is 133 cm³/mol. The van der Waals surface area contributed by atoms with Crippen LogP contribution in [0.15, 0.2) is 41.4 Å². The molecule has 1 saturated heterocycles. The highest BCUT2D eigenvalue weighted by molar-refractivity contribution is 7.89. The van der Waals surface area contributed by atoms with Gasteiger partial charge in [-0.3, -0.25) is 0 Å². The topological polar surface area (TPSA) is 162 Å². The zero-order valence-electron chi connectivity index (χ0n) is 19.7. The number of rotatable bonds is 7. The van der Waals surface area contributed by atoms with Gasteiger partial charge in [0.05, 0.1) is 38.5 Å². The molecule has 4 N–H and O–H groups in total. The van der Waals surface area contributed by atoms with Crippen LogP contribution < -0.4 is 24.8 Å². The van der Waals surface area contributed by atoms with E-state index in [2.05, 4.69) is 19.7 Å². The normalized spacial score (nSPS) is 14.1. The first-order valence-electron chi connectivity index (χ1n) is 10.9. The van der Waals surface area contributed by atoms with E-state index in [4.69, 9.17) is 19.9 Å². The second-order valence-corrected chi connectivity index (χ2v) is 9.94. The number of hydrogen-bond donors (Lipinski definition) is 3. The Morgan fingerprint density at radius 2 is 1.81 bits per heavy atom. The van der Waals surface area contributed by atoms with Gasteiger partial charge in [-0.15, -0.1) is 0 Å². The number of hydrogen-bond acceptors (Lipinski definition) is 10. The lowest BCUT2D eigenvalue weighted by atomic mass is 10.1. The number of H-pyrrole nitrogens is 1. The summed E-state index contributed by atoms with van der Waals surface area (Å²) in [7, 11) is 0.527. The minimum absolute atomic E-state index is 0.0969. The fourth-order valence-corrected chi connectivity index (χ4v) is 5.57. The second kappa shape index (κ2) is 8.84. The summed E-state index contributed by atoms with van der Waals surface area (Å²) in [4.78, 5) is 25.5. The van der Waals surface area contributed by atoms with E-state index < -0.39 is 16.0 Å². The lowest BCUT2D eigenvalue weighted by Crippen LogP contribution is -2.59. The number of nitrogens with two attached hydrogens (primary N) is 1. The highest BCUT2D eigenvalue weighted by atomic mass is 32.2. The Kier molecular flexibility index (Phi) is 5.80. The molecule has 188 valence electrons. The number of carbonyl (C=O) groups is 1. The molecular formula is C23H24N6O6S. The maximum absolute atomic E-state index is 13.1. The van der Waals surface area contributed by atoms with Gasteiger partial charge in [-0.25, -0.2) is 22.9 Å². The highest BCUT2D eigenvalue weighted by Crippen LogP contribution is 2.34. The number of fused-ring (bicyclic) bond motifs is 2. The third kappa shape index (κ3) is 4.01. The van der Waals surface area contributed by atoms with Gasteiger partial charge in [-0.2, -0.15) is 4.98 Å². The van der Waals surface area contributed by atoms with Crippen molar-refractivity contribution < 1.29 is 27.4 Å². The smallest absolute Gasteiger partial charge is 0.337 e. The van der Waals surface area contributed by atoms with Crippen molar-refractivity contribution in [2.24, 2.45) is 0 Å². The third-order valence-electron chi connectivity index (χ3n) is 6.06. The van der Waals surface area contributed by atoms with Crippen molar-refractivity contribution >= 4 is 49.6 Å². The molecular weight excluding hydrogens is 488 g/mol. The van der Waals surface area contributed by atoms with E-state index >= 15 is 0 Å². The summed E-state index contributed by atoms with van der Waals surface area (Å²) in [5.41, 5.74) is 7.59. The molecule has 0 atom stereocenters. The molecule has 1 aliphatic heterocycles. The molecule has 5 rings (SSSR count). The maximum Gasteiger partial charge on any atom is 0.337 e. The van der Waals surface area contributed by atoms with Crippen LogP contribution in [0.2, 0.25) is 0 Å². The van der Waals surface area contributed by atoms with E-state index in [0.29, 0.717) is 57.9 Å². The van der Waals surface area contributed by atoms with Gasteiger partial charge in [0.25, 0.3) is 0 Å². The van der Waals surface area contributed by atoms with Crippen molar-refractivity contribution in [1.82, 2.24) is 19.7 Å². The van der Waals surface area contributed by atoms with Crippen LogP contribution in [0.3, 0.4) is 0 Å². The standard InChI is InChI=1S/C23H24N6O6S/c1-33-18-7-15-17(8-19(18)34-2)26-23(27-21(15)24)29-10-13(11-29)28-36(31,32)20-9-25-16-6-12(22(30)35-3)4-5-14(16)20/h4-9,13,25,28H,10-11H2,1-3H3,(H2,24,26,27). The third-order valence-corrected chi connectivity index (χ3v) is 7.62. The molecule has 3 heterocycles. The lowest BCUT2D eigenvalue weighted by Gasteiger charge is -2.39. The summed E-state index contributed by atoms with van der Waals surface area (Å²) in [6.45, 7) is 0.735. The minimum Gasteiger partial charge on any atom is -0.493 e. The molecule has 1 fully saturated rings. The fraction of sp³-hybridized carbons (Fsp3) is 0.261. The van der Waals surface area contributed by atoms with Gasteiger partial charge in [-0.05, 0) is 18.2 Å². The monoisotopic (exact) mass is 512 g/mol. The molecule has 0 amide bonds. The average Bonchev–Trinajstić information content (AvgIpc) is 3.29. The summed E-state index contributed by atoms with van der Waals surface area (Å²) in [6.07, 6.45) is 1.40. The number of nitrogen functional groups attached to an aromatic ring is 1. The largest absolute Gasteiger partial charge is 0.493 e. The minimum atomic E-state index is -3.83. The summed E-state index contributed by atoms with van der Waals surface area (Å²) in [5.74, 6) is 1.21. The van der Waals surface area contributed by atoms with Crippen LogP contribution in [-0.2, 0) is 14.8 Å². The Bertz CT molecular complexity index is 1600. The molecule has 0 saturated carbocycles. The summed E-state index contributed by atoms with van der Waals surface area (Å²) >= 11 is 0. The van der Waals surface area contributed by atoms with E-state index in [9.17, 15) is 13.2 Å². The molecule has 0 radical (unpaired) electrons. The van der Waals surface area contributed by atoms with Crippen molar-refractivity contribution in [2.75, 3.05) is 45.1 Å². The van der Waals surface area contributed by atoms with Crippen LogP contribution in [0.25, 0.3) is 21.8 Å². The van der Waals surface area contributed by atoms with Gasteiger partial charge in [0.2, 0.25) is 16.0 Å². The van der Waals surface area contributed by atoms with Gasteiger partial charge >= 0.3 is 5.97 Å². The second-order valence-electron chi connectivity index (χ2n) is 8.26. The van der Waals surface area contributed by atoms with Crippen molar-refractivity contribution in [1.29, 1.82) is 0 Å². The van der Waals surface area contributed by atoms with Crippen LogP contribution in [0.5, 0.6) is 11.5 Å². The molecule has 0 bridgehead atoms. The van der Waals surface area contributed by atoms with Gasteiger partial charge in [-0.1, -0.05) is 6.07 Å². The van der Waals surface area contributed by atoms with Crippen molar-refractivity contribution in [2.45, 2.75) is 10.9 Å². The Balaban J connectivity index is 1.32. The quantitative estimate of drug-likeness (QED) is 0.311. The number of methoxy groups -OCH3 is 3. The zero-order chi connectivity index (χ0) is 25.6. The van der Waals surface area contributed by atoms with Gasteiger partial charge in [0.1, 0.15) is 10.7 Å².